The number of ether oxygens (including phenoxy) is 1. The van der Waals surface area contributed by atoms with E-state index < -0.39 is 29.3 Å². The van der Waals surface area contributed by atoms with E-state index in [1.807, 2.05) is 0 Å². The molecule has 0 aliphatic heterocycles. The predicted molar refractivity (Wildman–Crippen MR) is 80.9 cm³/mol. The molecule has 23 heavy (non-hydrogen) atoms. The molecule has 3 amide bonds. The fourth-order valence-corrected chi connectivity index (χ4v) is 1.49. The van der Waals surface area contributed by atoms with Crippen molar-refractivity contribution in [3.63, 3.8) is 0 Å². The van der Waals surface area contributed by atoms with Crippen molar-refractivity contribution < 1.29 is 23.5 Å². The van der Waals surface area contributed by atoms with Gasteiger partial charge in [-0.05, 0) is 32.9 Å². The van der Waals surface area contributed by atoms with E-state index in [-0.39, 0.29) is 18.5 Å². The minimum absolute atomic E-state index is 0.0380. The highest BCUT2D eigenvalue weighted by atomic mass is 19.1. The zero-order chi connectivity index (χ0) is 17.5. The molecular weight excluding hydrogens is 305 g/mol. The van der Waals surface area contributed by atoms with Gasteiger partial charge in [0.2, 0.25) is 5.91 Å². The van der Waals surface area contributed by atoms with Crippen molar-refractivity contribution in [2.75, 3.05) is 6.54 Å². The van der Waals surface area contributed by atoms with Gasteiger partial charge in [0, 0.05) is 13.0 Å². The van der Waals surface area contributed by atoms with Crippen LogP contribution in [0.25, 0.3) is 0 Å². The topological polar surface area (TPSA) is 96.5 Å². The van der Waals surface area contributed by atoms with E-state index in [0.717, 1.165) is 6.07 Å². The first kappa shape index (κ1) is 18.4. The molecule has 0 saturated heterocycles. The van der Waals surface area contributed by atoms with Crippen molar-refractivity contribution in [1.29, 1.82) is 0 Å². The monoisotopic (exact) mass is 325 g/mol. The molecule has 0 fully saturated rings. The Labute approximate surface area is 133 Å². The van der Waals surface area contributed by atoms with E-state index in [9.17, 15) is 18.8 Å². The van der Waals surface area contributed by atoms with Crippen LogP contribution in [0.4, 0.5) is 9.18 Å². The number of alkyl carbamates (subject to hydrolysis) is 1. The van der Waals surface area contributed by atoms with Crippen LogP contribution < -0.4 is 16.2 Å². The summed E-state index contributed by atoms with van der Waals surface area (Å²) < 4.78 is 18.4. The van der Waals surface area contributed by atoms with Crippen LogP contribution >= 0.6 is 0 Å². The third-order valence-corrected chi connectivity index (χ3v) is 2.45. The molecule has 1 rings (SSSR count). The fraction of sp³-hybridized carbons (Fsp3) is 0.400. The molecule has 1 aromatic rings. The number of hydrazine groups is 1. The Balaban J connectivity index is 2.29. The van der Waals surface area contributed by atoms with Gasteiger partial charge in [0.25, 0.3) is 5.91 Å². The number of benzene rings is 1. The third kappa shape index (κ3) is 7.25. The van der Waals surface area contributed by atoms with Crippen molar-refractivity contribution in [2.24, 2.45) is 0 Å². The second kappa shape index (κ2) is 8.11. The van der Waals surface area contributed by atoms with Gasteiger partial charge in [-0.2, -0.15) is 0 Å². The molecule has 0 radical (unpaired) electrons. The summed E-state index contributed by atoms with van der Waals surface area (Å²) in [6.07, 6.45) is -0.711. The van der Waals surface area contributed by atoms with Crippen molar-refractivity contribution in [1.82, 2.24) is 16.2 Å². The SMILES string of the molecule is CC(C)(C)OC(=O)NCCC(=O)NNC(=O)c1ccccc1F. The maximum Gasteiger partial charge on any atom is 0.407 e. The minimum atomic E-state index is -0.767. The molecule has 0 unspecified atom stereocenters. The van der Waals surface area contributed by atoms with Crippen LogP contribution in [0.15, 0.2) is 24.3 Å². The number of amides is 3. The number of rotatable bonds is 4. The molecule has 0 aliphatic carbocycles. The molecule has 0 heterocycles. The second-order valence-electron chi connectivity index (χ2n) is 5.66. The number of hydrogen-bond acceptors (Lipinski definition) is 4. The van der Waals surface area contributed by atoms with Gasteiger partial charge in [-0.15, -0.1) is 0 Å². The van der Waals surface area contributed by atoms with E-state index in [4.69, 9.17) is 4.74 Å². The van der Waals surface area contributed by atoms with Crippen molar-refractivity contribution in [2.45, 2.75) is 32.8 Å². The lowest BCUT2D eigenvalue weighted by Crippen LogP contribution is -2.43. The van der Waals surface area contributed by atoms with Gasteiger partial charge in [-0.25, -0.2) is 9.18 Å². The zero-order valence-corrected chi connectivity index (χ0v) is 13.2. The first-order chi connectivity index (χ1) is 10.7. The van der Waals surface area contributed by atoms with Gasteiger partial charge in [-0.3, -0.25) is 20.4 Å². The van der Waals surface area contributed by atoms with Gasteiger partial charge in [-0.1, -0.05) is 12.1 Å². The van der Waals surface area contributed by atoms with Crippen LogP contribution in [-0.4, -0.2) is 30.1 Å². The fourth-order valence-electron chi connectivity index (χ4n) is 1.49. The lowest BCUT2D eigenvalue weighted by Gasteiger charge is -2.19. The average Bonchev–Trinajstić information content (AvgIpc) is 2.43. The largest absolute Gasteiger partial charge is 0.444 e. The van der Waals surface area contributed by atoms with Crippen LogP contribution in [0.2, 0.25) is 0 Å². The Morgan fingerprint density at radius 3 is 2.39 bits per heavy atom. The van der Waals surface area contributed by atoms with E-state index in [1.54, 1.807) is 20.8 Å². The van der Waals surface area contributed by atoms with Gasteiger partial charge >= 0.3 is 6.09 Å². The third-order valence-electron chi connectivity index (χ3n) is 2.45. The zero-order valence-electron chi connectivity index (χ0n) is 13.2. The molecule has 3 N–H and O–H groups in total. The van der Waals surface area contributed by atoms with Gasteiger partial charge in [0.05, 0.1) is 5.56 Å². The lowest BCUT2D eigenvalue weighted by atomic mass is 10.2. The highest BCUT2D eigenvalue weighted by molar-refractivity contribution is 5.95. The average molecular weight is 325 g/mol. The first-order valence-corrected chi connectivity index (χ1v) is 6.99. The Hall–Kier alpha value is -2.64. The van der Waals surface area contributed by atoms with Gasteiger partial charge in [0.1, 0.15) is 11.4 Å². The van der Waals surface area contributed by atoms with Crippen molar-refractivity contribution in [3.05, 3.63) is 35.6 Å². The summed E-state index contributed by atoms with van der Waals surface area (Å²) in [5.74, 6) is -1.99. The van der Waals surface area contributed by atoms with Crippen LogP contribution in [0, 0.1) is 5.82 Å². The normalized spacial score (nSPS) is 10.6. The number of carbonyl (C=O) groups is 3. The van der Waals surface area contributed by atoms with Crippen LogP contribution in [-0.2, 0) is 9.53 Å². The number of hydrogen-bond donors (Lipinski definition) is 3. The maximum atomic E-state index is 13.4. The molecule has 0 bridgehead atoms. The molecule has 7 nitrogen and oxygen atoms in total. The summed E-state index contributed by atoms with van der Waals surface area (Å²) in [6, 6.07) is 5.39. The highest BCUT2D eigenvalue weighted by Gasteiger charge is 2.16. The summed E-state index contributed by atoms with van der Waals surface area (Å²) in [6.45, 7) is 5.20. The molecule has 126 valence electrons. The molecule has 1 aromatic carbocycles. The van der Waals surface area contributed by atoms with E-state index >= 15 is 0 Å². The molecule has 0 saturated carbocycles. The summed E-state index contributed by atoms with van der Waals surface area (Å²) in [5, 5.41) is 2.40. The summed E-state index contributed by atoms with van der Waals surface area (Å²) >= 11 is 0. The number of halogens is 1. The Morgan fingerprint density at radius 2 is 1.78 bits per heavy atom. The molecule has 0 aromatic heterocycles. The number of nitrogens with one attached hydrogen (secondary N) is 3. The molecule has 0 atom stereocenters. The summed E-state index contributed by atoms with van der Waals surface area (Å²) in [5.41, 5.74) is 3.42. The van der Waals surface area contributed by atoms with Gasteiger partial charge < -0.3 is 10.1 Å². The quantitative estimate of drug-likeness (QED) is 0.731. The maximum absolute atomic E-state index is 13.4. The highest BCUT2D eigenvalue weighted by Crippen LogP contribution is 2.06. The standard InChI is InChI=1S/C15H20FN3O4/c1-15(2,3)23-14(22)17-9-8-12(20)18-19-13(21)10-6-4-5-7-11(10)16/h4-7H,8-9H2,1-3H3,(H,17,22)(H,18,20)(H,19,21). The molecule has 0 spiro atoms. The number of carbonyl (C=O) groups excluding carboxylic acids is 3. The van der Waals surface area contributed by atoms with Gasteiger partial charge in [0.15, 0.2) is 0 Å². The first-order valence-electron chi connectivity index (χ1n) is 6.99. The smallest absolute Gasteiger partial charge is 0.407 e. The minimum Gasteiger partial charge on any atom is -0.444 e. The molecule has 0 aliphatic rings. The summed E-state index contributed by atoms with van der Waals surface area (Å²) in [4.78, 5) is 34.5. The van der Waals surface area contributed by atoms with Crippen LogP contribution in [0.3, 0.4) is 0 Å². The van der Waals surface area contributed by atoms with Crippen molar-refractivity contribution in [3.8, 4) is 0 Å². The lowest BCUT2D eigenvalue weighted by molar-refractivity contribution is -0.121. The van der Waals surface area contributed by atoms with E-state index in [2.05, 4.69) is 16.2 Å². The van der Waals surface area contributed by atoms with E-state index in [1.165, 1.54) is 18.2 Å². The Morgan fingerprint density at radius 1 is 1.13 bits per heavy atom. The van der Waals surface area contributed by atoms with Crippen molar-refractivity contribution >= 4 is 17.9 Å². The van der Waals surface area contributed by atoms with E-state index in [0.29, 0.717) is 0 Å². The predicted octanol–water partition coefficient (Wildman–Crippen LogP) is 1.50. The Bertz CT molecular complexity index is 584. The Kier molecular flexibility index (Phi) is 6.49. The molecular formula is C15H20FN3O4. The second-order valence-corrected chi connectivity index (χ2v) is 5.66. The molecule has 8 heteroatoms. The van der Waals surface area contributed by atoms with Crippen LogP contribution in [0.1, 0.15) is 37.6 Å². The summed E-state index contributed by atoms with van der Waals surface area (Å²) in [7, 11) is 0. The van der Waals surface area contributed by atoms with Crippen LogP contribution in [0.5, 0.6) is 0 Å².